The molecule has 1 saturated carbocycles. The average molecular weight is 352 g/mol. The minimum Gasteiger partial charge on any atom is -0.353 e. The fourth-order valence-corrected chi connectivity index (χ4v) is 5.17. The van der Waals surface area contributed by atoms with Crippen LogP contribution in [0.2, 0.25) is 0 Å². The number of aryl methyl sites for hydroxylation is 1. The van der Waals surface area contributed by atoms with Crippen LogP contribution in [0.3, 0.4) is 0 Å². The summed E-state index contributed by atoms with van der Waals surface area (Å²) in [6, 6.07) is 2.64. The molecule has 0 unspecified atom stereocenters. The van der Waals surface area contributed by atoms with Gasteiger partial charge in [-0.15, -0.1) is 23.1 Å². The minimum atomic E-state index is 0.0482. The van der Waals surface area contributed by atoms with Crippen LogP contribution in [-0.2, 0) is 11.2 Å². The number of carbonyl (C=O) groups is 1. The molecule has 0 spiro atoms. The SMILES string of the molecule is CCC1=N[C@@H](SCC(=O)NC2CCCC2)c2cc(CC)sc2N1. The van der Waals surface area contributed by atoms with Gasteiger partial charge in [0.25, 0.3) is 0 Å². The van der Waals surface area contributed by atoms with E-state index >= 15 is 0 Å². The largest absolute Gasteiger partial charge is 0.353 e. The van der Waals surface area contributed by atoms with Crippen LogP contribution in [0.4, 0.5) is 5.00 Å². The third-order valence-electron chi connectivity index (χ3n) is 4.38. The Balaban J connectivity index is 1.62. The lowest BCUT2D eigenvalue weighted by atomic mass is 10.2. The first-order valence-electron chi connectivity index (χ1n) is 8.56. The lowest BCUT2D eigenvalue weighted by Gasteiger charge is -2.21. The molecule has 23 heavy (non-hydrogen) atoms. The second-order valence-electron chi connectivity index (χ2n) is 6.12. The first kappa shape index (κ1) is 16.8. The van der Waals surface area contributed by atoms with E-state index in [1.807, 2.05) is 11.3 Å². The van der Waals surface area contributed by atoms with Gasteiger partial charge in [-0.2, -0.15) is 0 Å². The molecule has 1 aliphatic carbocycles. The fourth-order valence-electron chi connectivity index (χ4n) is 3.09. The number of thiophene rings is 1. The molecule has 0 radical (unpaired) electrons. The Morgan fingerprint density at radius 2 is 2.17 bits per heavy atom. The summed E-state index contributed by atoms with van der Waals surface area (Å²) in [5.41, 5.74) is 1.24. The highest BCUT2D eigenvalue weighted by Crippen LogP contribution is 2.43. The van der Waals surface area contributed by atoms with E-state index in [4.69, 9.17) is 4.99 Å². The number of anilines is 1. The molecule has 0 bridgehead atoms. The van der Waals surface area contributed by atoms with E-state index in [1.54, 1.807) is 11.8 Å². The van der Waals surface area contributed by atoms with Crippen LogP contribution in [-0.4, -0.2) is 23.5 Å². The number of amidine groups is 1. The van der Waals surface area contributed by atoms with Crippen LogP contribution in [0.1, 0.15) is 61.8 Å². The average Bonchev–Trinajstić information content (AvgIpc) is 3.21. The van der Waals surface area contributed by atoms with Crippen LogP contribution in [0.15, 0.2) is 11.1 Å². The van der Waals surface area contributed by atoms with E-state index in [-0.39, 0.29) is 11.3 Å². The normalized spacial score (nSPS) is 20.8. The number of hydrogen-bond donors (Lipinski definition) is 2. The van der Waals surface area contributed by atoms with Gasteiger partial charge in [-0.1, -0.05) is 26.7 Å². The van der Waals surface area contributed by atoms with Crippen LogP contribution in [0.5, 0.6) is 0 Å². The lowest BCUT2D eigenvalue weighted by molar-refractivity contribution is -0.119. The summed E-state index contributed by atoms with van der Waals surface area (Å²) in [5.74, 6) is 1.66. The molecule has 0 saturated heterocycles. The highest BCUT2D eigenvalue weighted by Gasteiger charge is 2.25. The second-order valence-corrected chi connectivity index (χ2v) is 8.32. The molecule has 4 nitrogen and oxygen atoms in total. The van der Waals surface area contributed by atoms with Crippen molar-refractivity contribution in [3.8, 4) is 0 Å². The molecule has 1 aromatic heterocycles. The standard InChI is InChI=1S/C17H25N3OS2/c1-3-12-9-13-16(19-14(4-2)20-17(13)23-12)22-10-15(21)18-11-7-5-6-8-11/h9,11,16H,3-8,10H2,1-2H3,(H,18,21)(H,19,20)/t16-/m0/s1. The van der Waals surface area contributed by atoms with Crippen molar-refractivity contribution in [2.75, 3.05) is 11.1 Å². The van der Waals surface area contributed by atoms with Crippen molar-refractivity contribution in [2.45, 2.75) is 63.8 Å². The van der Waals surface area contributed by atoms with Gasteiger partial charge in [0.2, 0.25) is 5.91 Å². The van der Waals surface area contributed by atoms with E-state index in [9.17, 15) is 4.79 Å². The maximum Gasteiger partial charge on any atom is 0.230 e. The zero-order chi connectivity index (χ0) is 16.2. The van der Waals surface area contributed by atoms with Gasteiger partial charge < -0.3 is 10.6 Å². The van der Waals surface area contributed by atoms with E-state index in [1.165, 1.54) is 28.3 Å². The highest BCUT2D eigenvalue weighted by atomic mass is 32.2. The smallest absolute Gasteiger partial charge is 0.230 e. The quantitative estimate of drug-likeness (QED) is 0.802. The molecule has 1 atom stereocenters. The second kappa shape index (κ2) is 7.71. The first-order valence-corrected chi connectivity index (χ1v) is 10.4. The zero-order valence-electron chi connectivity index (χ0n) is 13.9. The molecular weight excluding hydrogens is 326 g/mol. The molecule has 1 aromatic rings. The summed E-state index contributed by atoms with van der Waals surface area (Å²) in [6.45, 7) is 4.29. The topological polar surface area (TPSA) is 53.5 Å². The molecule has 6 heteroatoms. The molecule has 2 aliphatic rings. The number of thioether (sulfide) groups is 1. The van der Waals surface area contributed by atoms with Crippen molar-refractivity contribution in [3.63, 3.8) is 0 Å². The van der Waals surface area contributed by atoms with Crippen molar-refractivity contribution < 1.29 is 4.79 Å². The maximum atomic E-state index is 12.2. The monoisotopic (exact) mass is 351 g/mol. The van der Waals surface area contributed by atoms with Crippen LogP contribution < -0.4 is 10.6 Å². The number of nitrogens with zero attached hydrogens (tertiary/aromatic N) is 1. The summed E-state index contributed by atoms with van der Waals surface area (Å²) in [7, 11) is 0. The molecule has 1 amide bonds. The maximum absolute atomic E-state index is 12.2. The summed E-state index contributed by atoms with van der Waals surface area (Å²) < 4.78 is 0. The number of hydrogen-bond acceptors (Lipinski definition) is 5. The zero-order valence-corrected chi connectivity index (χ0v) is 15.5. The van der Waals surface area contributed by atoms with Crippen LogP contribution >= 0.6 is 23.1 Å². The molecule has 126 valence electrons. The molecule has 2 heterocycles. The third-order valence-corrected chi connectivity index (χ3v) is 6.70. The number of aliphatic imine (C=N–C) groups is 1. The molecule has 0 aromatic carbocycles. The van der Waals surface area contributed by atoms with E-state index in [2.05, 4.69) is 30.5 Å². The number of fused-ring (bicyclic) bond motifs is 1. The van der Waals surface area contributed by atoms with Gasteiger partial charge >= 0.3 is 0 Å². The number of amides is 1. The summed E-state index contributed by atoms with van der Waals surface area (Å²) in [4.78, 5) is 18.3. The Morgan fingerprint density at radius 1 is 1.39 bits per heavy atom. The first-order chi connectivity index (χ1) is 11.2. The Hall–Kier alpha value is -1.01. The number of rotatable bonds is 6. The Kier molecular flexibility index (Phi) is 5.64. The van der Waals surface area contributed by atoms with Gasteiger partial charge in [-0.25, -0.2) is 0 Å². The van der Waals surface area contributed by atoms with Gasteiger partial charge in [0.15, 0.2) is 0 Å². The Morgan fingerprint density at radius 3 is 2.87 bits per heavy atom. The molecule has 1 aliphatic heterocycles. The van der Waals surface area contributed by atoms with Gasteiger partial charge in [-0.3, -0.25) is 9.79 Å². The van der Waals surface area contributed by atoms with Gasteiger partial charge in [0.1, 0.15) is 16.2 Å². The van der Waals surface area contributed by atoms with Gasteiger partial charge in [0, 0.05) is 22.9 Å². The molecular formula is C17H25N3OS2. The van der Waals surface area contributed by atoms with Crippen molar-refractivity contribution in [1.29, 1.82) is 0 Å². The van der Waals surface area contributed by atoms with E-state index < -0.39 is 0 Å². The van der Waals surface area contributed by atoms with Gasteiger partial charge in [-0.05, 0) is 25.3 Å². The third kappa shape index (κ3) is 4.10. The Labute approximate surface area is 146 Å². The molecule has 2 N–H and O–H groups in total. The Bertz CT molecular complexity index is 591. The molecule has 3 rings (SSSR count). The number of carbonyl (C=O) groups excluding carboxylic acids is 1. The summed E-state index contributed by atoms with van der Waals surface area (Å²) >= 11 is 3.45. The fraction of sp³-hybridized carbons (Fsp3) is 0.647. The predicted octanol–water partition coefficient (Wildman–Crippen LogP) is 4.34. The van der Waals surface area contributed by atoms with Crippen molar-refractivity contribution >= 4 is 39.8 Å². The number of nitrogens with one attached hydrogen (secondary N) is 2. The van der Waals surface area contributed by atoms with Crippen LogP contribution in [0.25, 0.3) is 0 Å². The van der Waals surface area contributed by atoms with Crippen molar-refractivity contribution in [1.82, 2.24) is 5.32 Å². The van der Waals surface area contributed by atoms with Crippen molar-refractivity contribution in [2.24, 2.45) is 4.99 Å². The van der Waals surface area contributed by atoms with Crippen molar-refractivity contribution in [3.05, 3.63) is 16.5 Å². The highest BCUT2D eigenvalue weighted by molar-refractivity contribution is 8.00. The minimum absolute atomic E-state index is 0.0482. The summed E-state index contributed by atoms with van der Waals surface area (Å²) in [6.07, 6.45) is 6.69. The summed E-state index contributed by atoms with van der Waals surface area (Å²) in [5, 5.41) is 7.85. The van der Waals surface area contributed by atoms with E-state index in [0.717, 1.165) is 31.5 Å². The van der Waals surface area contributed by atoms with E-state index in [0.29, 0.717) is 11.8 Å². The lowest BCUT2D eigenvalue weighted by Crippen LogP contribution is -2.34. The van der Waals surface area contributed by atoms with Crippen LogP contribution in [0, 0.1) is 0 Å². The molecule has 1 fully saturated rings. The van der Waals surface area contributed by atoms with Gasteiger partial charge in [0.05, 0.1) is 5.75 Å². The predicted molar refractivity (Wildman–Crippen MR) is 101 cm³/mol.